The molecule has 436 valence electrons. The zero-order valence-electron chi connectivity index (χ0n) is 44.1. The number of amides is 9. The predicted octanol–water partition coefficient (Wildman–Crippen LogP) is -6.95. The van der Waals surface area contributed by atoms with E-state index in [-0.39, 0.29) is 81.8 Å². The predicted molar refractivity (Wildman–Crippen MR) is 280 cm³/mol. The SMILES string of the molecule is CC(C)C[C@H](NC(=O)[C@H](CCCN=C(N)N)NC(=O)[C@H](CCCN=C(N)N)NC(=O)[C@@H](N)CC(C)C)C(=O)N[C@@H](CO)C(=O)N[C@@H](CC(=O)O)C(=O)N[C@@H](CO)C(=O)N[C@@H](CC(N)=O)C(=O)N[C@@H](Cc1ccccc1)C(=O)O. The smallest absolute Gasteiger partial charge is 0.326 e. The van der Waals surface area contributed by atoms with Crippen LogP contribution in [0.3, 0.4) is 0 Å². The number of primary amides is 1. The number of carbonyl (C=O) groups excluding carboxylic acids is 9. The summed E-state index contributed by atoms with van der Waals surface area (Å²) in [7, 11) is 0. The van der Waals surface area contributed by atoms with Gasteiger partial charge in [0.25, 0.3) is 0 Å². The molecule has 0 fully saturated rings. The van der Waals surface area contributed by atoms with Crippen molar-refractivity contribution in [3.63, 3.8) is 0 Å². The minimum absolute atomic E-state index is 0.00521. The van der Waals surface area contributed by atoms with E-state index in [1.807, 2.05) is 24.5 Å². The molecular weight excluding hydrogens is 1030 g/mol. The molecule has 9 amide bonds. The van der Waals surface area contributed by atoms with Crippen molar-refractivity contribution in [2.24, 2.45) is 56.2 Å². The first kappa shape index (κ1) is 67.8. The number of nitrogens with two attached hydrogens (primary N) is 6. The van der Waals surface area contributed by atoms with Crippen LogP contribution in [0.1, 0.15) is 84.6 Å². The maximum Gasteiger partial charge on any atom is 0.326 e. The Morgan fingerprint density at radius 2 is 0.833 bits per heavy atom. The number of nitrogens with zero attached hydrogens (tertiary/aromatic N) is 2. The minimum atomic E-state index is -2.08. The van der Waals surface area contributed by atoms with Crippen molar-refractivity contribution in [1.82, 2.24) is 42.5 Å². The Bertz CT molecular complexity index is 2260. The molecule has 0 aromatic heterocycles. The fourth-order valence-corrected chi connectivity index (χ4v) is 7.28. The van der Waals surface area contributed by atoms with Crippen LogP contribution in [0, 0.1) is 11.8 Å². The van der Waals surface area contributed by atoms with Crippen molar-refractivity contribution in [1.29, 1.82) is 0 Å². The first-order valence-corrected chi connectivity index (χ1v) is 24.9. The van der Waals surface area contributed by atoms with Crippen LogP contribution in [-0.4, -0.2) is 178 Å². The van der Waals surface area contributed by atoms with E-state index in [2.05, 4.69) is 41.9 Å². The number of carbonyl (C=O) groups is 11. The molecule has 1 aromatic rings. The summed E-state index contributed by atoms with van der Waals surface area (Å²) in [6.07, 6.45) is -1.91. The van der Waals surface area contributed by atoms with Crippen molar-refractivity contribution < 1.29 is 73.2 Å². The first-order valence-electron chi connectivity index (χ1n) is 24.9. The van der Waals surface area contributed by atoms with E-state index in [1.165, 1.54) is 0 Å². The maximum atomic E-state index is 14.1. The van der Waals surface area contributed by atoms with Crippen LogP contribution in [0.5, 0.6) is 0 Å². The number of carboxylic acid groups (broad SMARTS) is 2. The molecule has 31 heteroatoms. The van der Waals surface area contributed by atoms with Crippen molar-refractivity contribution >= 4 is 77.0 Å². The van der Waals surface area contributed by atoms with E-state index in [4.69, 9.17) is 34.4 Å². The highest BCUT2D eigenvalue weighted by molar-refractivity contribution is 5.99. The summed E-state index contributed by atoms with van der Waals surface area (Å²) in [5, 5.41) is 58.1. The monoisotopic (exact) mass is 1110 g/mol. The topological polar surface area (TPSA) is 546 Å². The Kier molecular flexibility index (Phi) is 30.6. The van der Waals surface area contributed by atoms with Gasteiger partial charge in [-0.1, -0.05) is 58.0 Å². The lowest BCUT2D eigenvalue weighted by molar-refractivity contribution is -0.142. The highest BCUT2D eigenvalue weighted by atomic mass is 16.4. The largest absolute Gasteiger partial charge is 0.481 e. The van der Waals surface area contributed by atoms with Crippen molar-refractivity contribution in [3.05, 3.63) is 35.9 Å². The van der Waals surface area contributed by atoms with Gasteiger partial charge in [0.05, 0.1) is 32.1 Å². The molecule has 9 atom stereocenters. The van der Waals surface area contributed by atoms with Crippen molar-refractivity contribution in [2.45, 2.75) is 140 Å². The molecule has 0 aliphatic heterocycles. The van der Waals surface area contributed by atoms with Gasteiger partial charge in [-0.25, -0.2) is 4.79 Å². The molecule has 1 rings (SSSR count). The molecule has 0 radical (unpaired) electrons. The standard InChI is InChI=1S/C47H78N16O15/c1-23(2)16-26(48)37(69)56-27(12-8-14-54-46(50)51)38(70)57-28(13-9-15-55-47(52)53)39(71)58-29(17-24(3)4)40(72)62-34(22-65)44(76)60-31(20-36(67)68)42(74)63-33(21-64)43(75)59-30(19-35(49)66)41(73)61-32(45(77)78)18-25-10-6-5-7-11-25/h5-7,10-11,23-24,26-34,64-65H,8-9,12-22,48H2,1-4H3,(H2,49,66)(H,56,69)(H,57,70)(H,58,71)(H,59,75)(H,60,76)(H,61,73)(H,62,72)(H,63,74)(H,67,68)(H,77,78)(H4,50,51,54)(H4,52,53,55)/t26-,27-,28-,29-,30-,31-,32-,33-,34-/m0/s1. The molecule has 0 saturated heterocycles. The van der Waals surface area contributed by atoms with Crippen LogP contribution < -0.4 is 76.9 Å². The van der Waals surface area contributed by atoms with E-state index in [0.29, 0.717) is 5.56 Å². The average Bonchev–Trinajstić information content (AvgIpc) is 3.34. The van der Waals surface area contributed by atoms with E-state index in [1.54, 1.807) is 44.2 Å². The summed E-state index contributed by atoms with van der Waals surface area (Å²) in [5.74, 6) is -13.8. The molecular formula is C47H78N16O15. The summed E-state index contributed by atoms with van der Waals surface area (Å²) in [6, 6.07) is -6.45. The number of aliphatic hydroxyl groups excluding tert-OH is 2. The zero-order chi connectivity index (χ0) is 59.2. The number of carboxylic acids is 2. The quantitative estimate of drug-likeness (QED) is 0.0167. The van der Waals surface area contributed by atoms with Crippen LogP contribution in [0.15, 0.2) is 40.3 Å². The van der Waals surface area contributed by atoms with Gasteiger partial charge in [-0.3, -0.25) is 57.9 Å². The number of nitrogens with one attached hydrogen (secondary N) is 8. The second-order valence-electron chi connectivity index (χ2n) is 18.9. The van der Waals surface area contributed by atoms with Crippen molar-refractivity contribution in [3.8, 4) is 0 Å². The van der Waals surface area contributed by atoms with Gasteiger partial charge in [-0.05, 0) is 55.9 Å². The van der Waals surface area contributed by atoms with Gasteiger partial charge in [-0.15, -0.1) is 0 Å². The number of hydrogen-bond acceptors (Lipinski definition) is 16. The molecule has 0 aliphatic rings. The van der Waals surface area contributed by atoms with E-state index in [9.17, 15) is 73.2 Å². The summed E-state index contributed by atoms with van der Waals surface area (Å²) >= 11 is 0. The van der Waals surface area contributed by atoms with Gasteiger partial charge in [0.2, 0.25) is 53.2 Å². The fourth-order valence-electron chi connectivity index (χ4n) is 7.28. The molecule has 1 aromatic carbocycles. The number of rotatable bonds is 37. The summed E-state index contributed by atoms with van der Waals surface area (Å²) in [4.78, 5) is 152. The van der Waals surface area contributed by atoms with Crippen LogP contribution in [0.25, 0.3) is 0 Å². The third kappa shape index (κ3) is 27.0. The Morgan fingerprint density at radius 3 is 1.23 bits per heavy atom. The first-order chi connectivity index (χ1) is 36.6. The Labute approximate surface area is 450 Å². The minimum Gasteiger partial charge on any atom is -0.481 e. The van der Waals surface area contributed by atoms with Gasteiger partial charge in [0.1, 0.15) is 48.3 Å². The normalized spacial score (nSPS) is 14.4. The molecule has 0 unspecified atom stereocenters. The van der Waals surface area contributed by atoms with Gasteiger partial charge in [0, 0.05) is 19.5 Å². The molecule has 0 spiro atoms. The molecule has 31 nitrogen and oxygen atoms in total. The number of aliphatic carboxylic acids is 2. The number of guanidine groups is 2. The Morgan fingerprint density at radius 1 is 0.474 bits per heavy atom. The maximum absolute atomic E-state index is 14.1. The van der Waals surface area contributed by atoms with Crippen LogP contribution >= 0.6 is 0 Å². The van der Waals surface area contributed by atoms with Gasteiger partial charge < -0.3 is 97.4 Å². The molecule has 24 N–H and O–H groups in total. The number of aliphatic imine (C=N–C) groups is 2. The lowest BCUT2D eigenvalue weighted by Crippen LogP contribution is -2.61. The molecule has 78 heavy (non-hydrogen) atoms. The van der Waals surface area contributed by atoms with E-state index in [0.717, 1.165) is 0 Å². The summed E-state index contributed by atoms with van der Waals surface area (Å²) in [6.45, 7) is 4.76. The number of aliphatic hydroxyl groups is 2. The van der Waals surface area contributed by atoms with Crippen LogP contribution in [0.2, 0.25) is 0 Å². The molecule has 0 aliphatic carbocycles. The van der Waals surface area contributed by atoms with Gasteiger partial charge >= 0.3 is 11.9 Å². The van der Waals surface area contributed by atoms with Crippen LogP contribution in [0.4, 0.5) is 0 Å². The number of benzene rings is 1. The molecule has 0 bridgehead atoms. The molecule has 0 heterocycles. The summed E-state index contributed by atoms with van der Waals surface area (Å²) < 4.78 is 0. The third-order valence-electron chi connectivity index (χ3n) is 11.1. The fraction of sp³-hybridized carbons (Fsp3) is 0.596. The van der Waals surface area contributed by atoms with Crippen molar-refractivity contribution in [2.75, 3.05) is 26.3 Å². The second kappa shape index (κ2) is 35.2. The van der Waals surface area contributed by atoms with E-state index < -0.39 is 146 Å². The average molecular weight is 1110 g/mol. The second-order valence-corrected chi connectivity index (χ2v) is 18.9. The highest BCUT2D eigenvalue weighted by Gasteiger charge is 2.36. The number of hydrogen-bond donors (Lipinski definition) is 18. The van der Waals surface area contributed by atoms with Crippen LogP contribution in [-0.2, 0) is 59.2 Å². The lowest BCUT2D eigenvalue weighted by atomic mass is 10.0. The summed E-state index contributed by atoms with van der Waals surface area (Å²) in [5.41, 5.74) is 33.6. The van der Waals surface area contributed by atoms with E-state index >= 15 is 0 Å². The Balaban J connectivity index is 3.38. The zero-order valence-corrected chi connectivity index (χ0v) is 44.1. The van der Waals surface area contributed by atoms with Gasteiger partial charge in [0.15, 0.2) is 11.9 Å². The molecule has 0 saturated carbocycles. The lowest BCUT2D eigenvalue weighted by Gasteiger charge is -2.28. The third-order valence-corrected chi connectivity index (χ3v) is 11.1. The Hall–Kier alpha value is -8.19. The van der Waals surface area contributed by atoms with Gasteiger partial charge in [-0.2, -0.15) is 0 Å². The highest BCUT2D eigenvalue weighted by Crippen LogP contribution is 2.11.